The van der Waals surface area contributed by atoms with Crippen LogP contribution in [-0.4, -0.2) is 52.1 Å². The molecule has 2 aromatic rings. The molecular formula is C21H32N6O. The van der Waals surface area contributed by atoms with E-state index in [1.165, 1.54) is 31.4 Å². The lowest BCUT2D eigenvalue weighted by atomic mass is 9.91. The van der Waals surface area contributed by atoms with Gasteiger partial charge in [-0.3, -0.25) is 4.68 Å². The van der Waals surface area contributed by atoms with Gasteiger partial charge in [0.2, 0.25) is 5.95 Å². The fraction of sp³-hybridized carbons (Fsp3) is 0.667. The minimum absolute atomic E-state index is 0.440. The number of hydrogen-bond donors (Lipinski definition) is 2. The average molecular weight is 385 g/mol. The highest BCUT2D eigenvalue weighted by atomic mass is 16.5. The molecule has 7 heteroatoms. The molecule has 2 aromatic heterocycles. The van der Waals surface area contributed by atoms with E-state index in [1.54, 1.807) is 7.11 Å². The van der Waals surface area contributed by atoms with Gasteiger partial charge in [0, 0.05) is 50.2 Å². The van der Waals surface area contributed by atoms with Gasteiger partial charge in [-0.1, -0.05) is 0 Å². The largest absolute Gasteiger partial charge is 0.383 e. The van der Waals surface area contributed by atoms with Crippen molar-refractivity contribution in [2.75, 3.05) is 25.6 Å². The minimum atomic E-state index is 0.440. The zero-order chi connectivity index (χ0) is 19.3. The molecule has 2 aliphatic carbocycles. The molecule has 0 amide bonds. The Kier molecular flexibility index (Phi) is 6.22. The number of methoxy groups -OCH3 is 1. The number of rotatable bonds is 9. The fourth-order valence-electron chi connectivity index (χ4n) is 4.08. The maximum Gasteiger partial charge on any atom is 0.223 e. The second kappa shape index (κ2) is 9.01. The molecule has 2 heterocycles. The lowest BCUT2D eigenvalue weighted by molar-refractivity contribution is 0.191. The lowest BCUT2D eigenvalue weighted by Crippen LogP contribution is -2.38. The van der Waals surface area contributed by atoms with Crippen LogP contribution in [0.2, 0.25) is 0 Å². The van der Waals surface area contributed by atoms with E-state index in [0.29, 0.717) is 12.1 Å². The number of nitrogens with one attached hydrogen (secondary N) is 2. The van der Waals surface area contributed by atoms with Crippen molar-refractivity contribution in [3.8, 4) is 11.3 Å². The van der Waals surface area contributed by atoms with Crippen LogP contribution >= 0.6 is 0 Å². The van der Waals surface area contributed by atoms with Crippen LogP contribution in [0.3, 0.4) is 0 Å². The number of aryl methyl sites for hydroxylation is 1. The first-order valence-electron chi connectivity index (χ1n) is 10.6. The van der Waals surface area contributed by atoms with Crippen LogP contribution in [0.25, 0.3) is 11.3 Å². The van der Waals surface area contributed by atoms with Crippen LogP contribution < -0.4 is 10.6 Å². The van der Waals surface area contributed by atoms with Gasteiger partial charge in [-0.25, -0.2) is 9.97 Å². The van der Waals surface area contributed by atoms with E-state index in [9.17, 15) is 0 Å². The third-order valence-corrected chi connectivity index (χ3v) is 5.97. The van der Waals surface area contributed by atoms with Gasteiger partial charge in [-0.2, -0.15) is 5.10 Å². The van der Waals surface area contributed by atoms with Gasteiger partial charge in [0.1, 0.15) is 0 Å². The maximum absolute atomic E-state index is 5.12. The molecular weight excluding hydrogens is 352 g/mol. The van der Waals surface area contributed by atoms with Gasteiger partial charge in [0.05, 0.1) is 18.5 Å². The van der Waals surface area contributed by atoms with Crippen LogP contribution in [0.15, 0.2) is 18.5 Å². The number of anilines is 1. The molecule has 0 aromatic carbocycles. The van der Waals surface area contributed by atoms with Gasteiger partial charge in [0.15, 0.2) is 0 Å². The number of hydrogen-bond acceptors (Lipinski definition) is 6. The van der Waals surface area contributed by atoms with Gasteiger partial charge < -0.3 is 15.4 Å². The molecule has 0 unspecified atom stereocenters. The third-order valence-electron chi connectivity index (χ3n) is 5.97. The molecule has 0 spiro atoms. The van der Waals surface area contributed by atoms with E-state index in [1.807, 2.05) is 30.2 Å². The van der Waals surface area contributed by atoms with E-state index in [-0.39, 0.29) is 0 Å². The number of ether oxygens (including phenoxy) is 1. The topological polar surface area (TPSA) is 76.9 Å². The van der Waals surface area contributed by atoms with E-state index >= 15 is 0 Å². The average Bonchev–Trinajstić information content (AvgIpc) is 3.46. The van der Waals surface area contributed by atoms with Crippen molar-refractivity contribution in [3.63, 3.8) is 0 Å². The maximum atomic E-state index is 5.12. The molecule has 0 bridgehead atoms. The highest BCUT2D eigenvalue weighted by Gasteiger charge is 2.26. The van der Waals surface area contributed by atoms with Gasteiger partial charge in [-0.15, -0.1) is 0 Å². The summed E-state index contributed by atoms with van der Waals surface area (Å²) in [4.78, 5) is 9.28. The Bertz CT molecular complexity index is 764. The Hall–Kier alpha value is -1.99. The van der Waals surface area contributed by atoms with Crippen LogP contribution in [0.1, 0.15) is 44.2 Å². The summed E-state index contributed by atoms with van der Waals surface area (Å²) in [6, 6.07) is 3.03. The second-order valence-electron chi connectivity index (χ2n) is 8.18. The first-order chi connectivity index (χ1) is 13.7. The minimum Gasteiger partial charge on any atom is -0.383 e. The normalized spacial score (nSPS) is 22.4. The smallest absolute Gasteiger partial charge is 0.223 e. The highest BCUT2D eigenvalue weighted by Crippen LogP contribution is 2.35. The molecule has 2 N–H and O–H groups in total. The summed E-state index contributed by atoms with van der Waals surface area (Å²) in [5, 5.41) is 11.6. The summed E-state index contributed by atoms with van der Waals surface area (Å²) in [5.74, 6) is 1.55. The molecule has 2 aliphatic rings. The summed E-state index contributed by atoms with van der Waals surface area (Å²) in [5.41, 5.74) is 3.40. The molecule has 2 saturated carbocycles. The summed E-state index contributed by atoms with van der Waals surface area (Å²) < 4.78 is 7.12. The van der Waals surface area contributed by atoms with Crippen molar-refractivity contribution in [3.05, 3.63) is 24.2 Å². The predicted octanol–water partition coefficient (Wildman–Crippen LogP) is 2.79. The molecule has 7 nitrogen and oxygen atoms in total. The fourth-order valence-corrected chi connectivity index (χ4v) is 4.08. The highest BCUT2D eigenvalue weighted by molar-refractivity contribution is 5.62. The van der Waals surface area contributed by atoms with Crippen LogP contribution in [0, 0.1) is 5.92 Å². The van der Waals surface area contributed by atoms with Crippen molar-refractivity contribution >= 4 is 5.95 Å². The Labute approximate surface area is 167 Å². The van der Waals surface area contributed by atoms with E-state index in [4.69, 9.17) is 9.72 Å². The molecule has 0 aliphatic heterocycles. The number of nitrogens with zero attached hydrogens (tertiary/aromatic N) is 4. The molecule has 152 valence electrons. The molecule has 0 radical (unpaired) electrons. The van der Waals surface area contributed by atoms with Crippen molar-refractivity contribution in [1.29, 1.82) is 0 Å². The van der Waals surface area contributed by atoms with Gasteiger partial charge >= 0.3 is 0 Å². The molecule has 4 rings (SSSR count). The number of aromatic nitrogens is 4. The molecule has 2 fully saturated rings. The van der Waals surface area contributed by atoms with E-state index in [2.05, 4.69) is 20.7 Å². The standard InChI is InChI=1S/C21H32N6O/c1-27-20(13-15-3-4-15)18(14-24-27)19-9-10-23-21(26-19)25-17-7-5-16(6-8-17)22-11-12-28-2/h9-10,14-17,22H,3-8,11-13H2,1-2H3,(H,23,25,26)/t16-,17-. The summed E-state index contributed by atoms with van der Waals surface area (Å²) >= 11 is 0. The Morgan fingerprint density at radius 3 is 2.68 bits per heavy atom. The predicted molar refractivity (Wildman–Crippen MR) is 110 cm³/mol. The lowest BCUT2D eigenvalue weighted by Gasteiger charge is -2.29. The molecule has 28 heavy (non-hydrogen) atoms. The third kappa shape index (κ3) is 4.89. The first kappa shape index (κ1) is 19.3. The monoisotopic (exact) mass is 384 g/mol. The Morgan fingerprint density at radius 2 is 1.93 bits per heavy atom. The molecule has 0 saturated heterocycles. The quantitative estimate of drug-likeness (QED) is 0.648. The Morgan fingerprint density at radius 1 is 1.14 bits per heavy atom. The van der Waals surface area contributed by atoms with Crippen molar-refractivity contribution < 1.29 is 4.74 Å². The van der Waals surface area contributed by atoms with E-state index < -0.39 is 0 Å². The SMILES string of the molecule is COCCN[C@H]1CC[C@H](Nc2nccc(-c3cnn(C)c3CC3CC3)n2)CC1. The summed E-state index contributed by atoms with van der Waals surface area (Å²) in [6.45, 7) is 1.70. The van der Waals surface area contributed by atoms with Gasteiger partial charge in [-0.05, 0) is 56.9 Å². The van der Waals surface area contributed by atoms with Gasteiger partial charge in [0.25, 0.3) is 0 Å². The van der Waals surface area contributed by atoms with E-state index in [0.717, 1.165) is 55.5 Å². The summed E-state index contributed by atoms with van der Waals surface area (Å²) in [7, 11) is 3.78. The van der Waals surface area contributed by atoms with Crippen LogP contribution in [-0.2, 0) is 18.2 Å². The summed E-state index contributed by atoms with van der Waals surface area (Å²) in [6.07, 6.45) is 12.2. The second-order valence-corrected chi connectivity index (χ2v) is 8.18. The first-order valence-corrected chi connectivity index (χ1v) is 10.6. The zero-order valence-electron chi connectivity index (χ0n) is 17.0. The zero-order valence-corrected chi connectivity index (χ0v) is 17.0. The van der Waals surface area contributed by atoms with Crippen molar-refractivity contribution in [2.24, 2.45) is 13.0 Å². The van der Waals surface area contributed by atoms with Crippen molar-refractivity contribution in [1.82, 2.24) is 25.1 Å². The van der Waals surface area contributed by atoms with Crippen LogP contribution in [0.4, 0.5) is 5.95 Å². The molecule has 0 atom stereocenters. The Balaban J connectivity index is 1.36. The van der Waals surface area contributed by atoms with Crippen molar-refractivity contribution in [2.45, 2.75) is 57.0 Å². The van der Waals surface area contributed by atoms with Crippen LogP contribution in [0.5, 0.6) is 0 Å².